The molecule has 1 aliphatic carbocycles. The summed E-state index contributed by atoms with van der Waals surface area (Å²) in [6.07, 6.45) is 0.523. The Bertz CT molecular complexity index is 454. The number of ketones is 1. The van der Waals surface area contributed by atoms with Crippen molar-refractivity contribution in [2.75, 3.05) is 7.11 Å². The van der Waals surface area contributed by atoms with Gasteiger partial charge in [0, 0.05) is 10.9 Å². The summed E-state index contributed by atoms with van der Waals surface area (Å²) in [5, 5.41) is 0.678. The van der Waals surface area contributed by atoms with Gasteiger partial charge in [-0.25, -0.2) is 0 Å². The quantitative estimate of drug-likeness (QED) is 0.598. The Balaban J connectivity index is 2.07. The van der Waals surface area contributed by atoms with Crippen molar-refractivity contribution in [2.24, 2.45) is 0 Å². The van der Waals surface area contributed by atoms with Crippen molar-refractivity contribution >= 4 is 23.4 Å². The molecule has 0 amide bonds. The van der Waals surface area contributed by atoms with E-state index in [1.807, 2.05) is 12.1 Å². The molecule has 0 fully saturated rings. The fourth-order valence-electron chi connectivity index (χ4n) is 1.91. The van der Waals surface area contributed by atoms with Crippen LogP contribution in [0.1, 0.15) is 23.5 Å². The molecule has 0 saturated heterocycles. The van der Waals surface area contributed by atoms with E-state index in [4.69, 9.17) is 11.6 Å². The topological polar surface area (TPSA) is 43.4 Å². The maximum atomic E-state index is 11.7. The number of benzene rings is 1. The normalized spacial score (nSPS) is 17.2. The van der Waals surface area contributed by atoms with Crippen LogP contribution in [0, 0.1) is 0 Å². The third-order valence-corrected chi connectivity index (χ3v) is 3.07. The highest BCUT2D eigenvalue weighted by atomic mass is 35.5. The van der Waals surface area contributed by atoms with E-state index in [-0.39, 0.29) is 18.1 Å². The molecule has 1 atom stereocenters. The van der Waals surface area contributed by atoms with E-state index >= 15 is 0 Å². The summed E-state index contributed by atoms with van der Waals surface area (Å²) >= 11 is 5.83. The summed E-state index contributed by atoms with van der Waals surface area (Å²) in [7, 11) is 1.28. The molecule has 1 aromatic rings. The van der Waals surface area contributed by atoms with Gasteiger partial charge in [0.15, 0.2) is 5.78 Å². The largest absolute Gasteiger partial charge is 0.469 e. The molecule has 1 aromatic carbocycles. The van der Waals surface area contributed by atoms with Crippen molar-refractivity contribution in [1.29, 1.82) is 0 Å². The van der Waals surface area contributed by atoms with Gasteiger partial charge in [-0.2, -0.15) is 0 Å². The van der Waals surface area contributed by atoms with E-state index in [0.717, 1.165) is 11.1 Å². The SMILES string of the molecule is COC(=O)CC(=O)C1Cc2cc(Cl)ccc21. The molecule has 1 aliphatic rings. The highest BCUT2D eigenvalue weighted by Gasteiger charge is 2.32. The fourth-order valence-corrected chi connectivity index (χ4v) is 2.11. The third-order valence-electron chi connectivity index (χ3n) is 2.84. The Morgan fingerprint density at radius 3 is 2.88 bits per heavy atom. The molecule has 0 saturated carbocycles. The Morgan fingerprint density at radius 2 is 2.25 bits per heavy atom. The Labute approximate surface area is 98.4 Å². The number of carbonyl (C=O) groups is 2. The molecular formula is C12H11ClO3. The number of ether oxygens (including phenoxy) is 1. The standard InChI is InChI=1S/C12H11ClO3/c1-16-12(15)6-11(14)10-5-7-4-8(13)2-3-9(7)10/h2-4,10H,5-6H2,1H3. The smallest absolute Gasteiger partial charge is 0.313 e. The van der Waals surface area contributed by atoms with E-state index in [2.05, 4.69) is 4.74 Å². The summed E-state index contributed by atoms with van der Waals surface area (Å²) in [4.78, 5) is 22.7. The number of esters is 1. The van der Waals surface area contributed by atoms with Gasteiger partial charge in [0.2, 0.25) is 0 Å². The number of hydrogen-bond acceptors (Lipinski definition) is 3. The van der Waals surface area contributed by atoms with Crippen LogP contribution in [0.4, 0.5) is 0 Å². The summed E-state index contributed by atoms with van der Waals surface area (Å²) in [5.41, 5.74) is 2.08. The molecule has 16 heavy (non-hydrogen) atoms. The first-order chi connectivity index (χ1) is 7.61. The average Bonchev–Trinajstić information content (AvgIpc) is 2.21. The van der Waals surface area contributed by atoms with Gasteiger partial charge in [0.1, 0.15) is 6.42 Å². The lowest BCUT2D eigenvalue weighted by atomic mass is 9.74. The average molecular weight is 239 g/mol. The maximum absolute atomic E-state index is 11.7. The van der Waals surface area contributed by atoms with Crippen molar-refractivity contribution < 1.29 is 14.3 Å². The molecule has 0 N–H and O–H groups in total. The second kappa shape index (κ2) is 4.26. The third kappa shape index (κ3) is 1.95. The predicted molar refractivity (Wildman–Crippen MR) is 59.5 cm³/mol. The van der Waals surface area contributed by atoms with Crippen LogP contribution >= 0.6 is 11.6 Å². The van der Waals surface area contributed by atoms with E-state index in [0.29, 0.717) is 11.4 Å². The summed E-state index contributed by atoms with van der Waals surface area (Å²) in [6, 6.07) is 5.47. The van der Waals surface area contributed by atoms with E-state index in [9.17, 15) is 9.59 Å². The van der Waals surface area contributed by atoms with Gasteiger partial charge >= 0.3 is 5.97 Å². The van der Waals surface area contributed by atoms with Crippen molar-refractivity contribution in [1.82, 2.24) is 0 Å². The second-order valence-electron chi connectivity index (χ2n) is 3.82. The minimum absolute atomic E-state index is 0.0818. The zero-order valence-electron chi connectivity index (χ0n) is 8.83. The van der Waals surface area contributed by atoms with Crippen molar-refractivity contribution in [3.05, 3.63) is 34.3 Å². The van der Waals surface area contributed by atoms with E-state index < -0.39 is 5.97 Å². The van der Waals surface area contributed by atoms with Gasteiger partial charge in [0.05, 0.1) is 7.11 Å². The number of Topliss-reactive ketones (excluding diaryl/α,β-unsaturated/α-hetero) is 1. The molecule has 0 spiro atoms. The minimum Gasteiger partial charge on any atom is -0.469 e. The number of rotatable bonds is 3. The second-order valence-corrected chi connectivity index (χ2v) is 4.26. The predicted octanol–water partition coefficient (Wildman–Crippen LogP) is 2.11. The van der Waals surface area contributed by atoms with Crippen LogP contribution in [0.3, 0.4) is 0 Å². The van der Waals surface area contributed by atoms with Gasteiger partial charge in [-0.3, -0.25) is 9.59 Å². The molecule has 4 heteroatoms. The Morgan fingerprint density at radius 1 is 1.50 bits per heavy atom. The first kappa shape index (κ1) is 11.1. The van der Waals surface area contributed by atoms with Crippen LogP contribution in [0.25, 0.3) is 0 Å². The Hall–Kier alpha value is -1.35. The van der Waals surface area contributed by atoms with Gasteiger partial charge in [0.25, 0.3) is 0 Å². The molecule has 1 unspecified atom stereocenters. The zero-order valence-corrected chi connectivity index (χ0v) is 9.58. The first-order valence-electron chi connectivity index (χ1n) is 4.99. The molecular weight excluding hydrogens is 228 g/mol. The van der Waals surface area contributed by atoms with Crippen LogP contribution < -0.4 is 0 Å². The fraction of sp³-hybridized carbons (Fsp3) is 0.333. The summed E-state index contributed by atoms with van der Waals surface area (Å²) < 4.78 is 4.47. The van der Waals surface area contributed by atoms with Crippen LogP contribution in [0.5, 0.6) is 0 Å². The van der Waals surface area contributed by atoms with Crippen LogP contribution in [-0.2, 0) is 20.7 Å². The molecule has 0 aliphatic heterocycles. The van der Waals surface area contributed by atoms with E-state index in [1.54, 1.807) is 6.07 Å². The maximum Gasteiger partial charge on any atom is 0.313 e. The number of fused-ring (bicyclic) bond motifs is 1. The zero-order chi connectivity index (χ0) is 11.7. The number of methoxy groups -OCH3 is 1. The molecule has 84 valence electrons. The van der Waals surface area contributed by atoms with Crippen LogP contribution in [-0.4, -0.2) is 18.9 Å². The van der Waals surface area contributed by atoms with Crippen molar-refractivity contribution in [3.8, 4) is 0 Å². The van der Waals surface area contributed by atoms with Gasteiger partial charge < -0.3 is 4.74 Å². The molecule has 0 heterocycles. The molecule has 0 radical (unpaired) electrons. The number of hydrogen-bond donors (Lipinski definition) is 0. The highest BCUT2D eigenvalue weighted by Crippen LogP contribution is 2.37. The summed E-state index contributed by atoms with van der Waals surface area (Å²) in [6.45, 7) is 0. The molecule has 0 bridgehead atoms. The van der Waals surface area contributed by atoms with Crippen LogP contribution in [0.2, 0.25) is 5.02 Å². The highest BCUT2D eigenvalue weighted by molar-refractivity contribution is 6.30. The van der Waals surface area contributed by atoms with E-state index in [1.165, 1.54) is 7.11 Å². The van der Waals surface area contributed by atoms with Gasteiger partial charge in [-0.05, 0) is 29.7 Å². The molecule has 2 rings (SSSR count). The van der Waals surface area contributed by atoms with Crippen molar-refractivity contribution in [3.63, 3.8) is 0 Å². The van der Waals surface area contributed by atoms with Gasteiger partial charge in [-0.15, -0.1) is 0 Å². The van der Waals surface area contributed by atoms with Crippen molar-refractivity contribution in [2.45, 2.75) is 18.8 Å². The lowest BCUT2D eigenvalue weighted by Gasteiger charge is -2.28. The monoisotopic (exact) mass is 238 g/mol. The minimum atomic E-state index is -0.479. The number of halogens is 1. The van der Waals surface area contributed by atoms with Gasteiger partial charge in [-0.1, -0.05) is 17.7 Å². The lowest BCUT2D eigenvalue weighted by Crippen LogP contribution is -2.27. The molecule has 3 nitrogen and oxygen atoms in total. The summed E-state index contributed by atoms with van der Waals surface area (Å²) in [5.74, 6) is -0.722. The number of carbonyl (C=O) groups excluding carboxylic acids is 2. The molecule has 0 aromatic heterocycles. The van der Waals surface area contributed by atoms with Crippen LogP contribution in [0.15, 0.2) is 18.2 Å². The Kier molecular flexibility index (Phi) is 2.97. The first-order valence-corrected chi connectivity index (χ1v) is 5.37. The lowest BCUT2D eigenvalue weighted by molar-refractivity contribution is -0.143.